The molecule has 0 heterocycles. The maximum Gasteiger partial charge on any atom is 0.239 e. The lowest BCUT2D eigenvalue weighted by molar-refractivity contribution is -0.125. The number of amides is 1. The molecule has 1 amide bonds. The second-order valence-corrected chi connectivity index (χ2v) is 4.71. The highest BCUT2D eigenvalue weighted by atomic mass is 16.5. The number of carbonyl (C=O) groups excluding carboxylic acids is 1. The molecule has 0 fully saturated rings. The lowest BCUT2D eigenvalue weighted by Crippen LogP contribution is -2.48. The van der Waals surface area contributed by atoms with Crippen molar-refractivity contribution < 1.29 is 9.53 Å². The predicted octanol–water partition coefficient (Wildman–Crippen LogP) is 1.36. The van der Waals surface area contributed by atoms with Crippen LogP contribution in [0.2, 0.25) is 0 Å². The number of hydrogen-bond donors (Lipinski definition) is 2. The van der Waals surface area contributed by atoms with Gasteiger partial charge >= 0.3 is 0 Å². The summed E-state index contributed by atoms with van der Waals surface area (Å²) in [6, 6.07) is 5.84. The number of nitrogens with one attached hydrogen (secondary N) is 1. The van der Waals surface area contributed by atoms with Gasteiger partial charge in [0.1, 0.15) is 5.75 Å². The minimum Gasteiger partial charge on any atom is -0.496 e. The van der Waals surface area contributed by atoms with Crippen LogP contribution < -0.4 is 15.8 Å². The second kappa shape index (κ2) is 5.19. The quantitative estimate of drug-likeness (QED) is 0.829. The summed E-state index contributed by atoms with van der Waals surface area (Å²) in [5.41, 5.74) is 6.90. The van der Waals surface area contributed by atoms with Gasteiger partial charge in [0.05, 0.1) is 12.6 Å². The van der Waals surface area contributed by atoms with Crippen LogP contribution >= 0.6 is 0 Å². The molecule has 0 saturated heterocycles. The SMILES string of the molecule is COc1cc(CNC(=O)C(C)(C)N)ccc1C. The van der Waals surface area contributed by atoms with Crippen LogP contribution in [0.3, 0.4) is 0 Å². The fourth-order valence-electron chi connectivity index (χ4n) is 1.38. The molecule has 4 nitrogen and oxygen atoms in total. The van der Waals surface area contributed by atoms with E-state index >= 15 is 0 Å². The van der Waals surface area contributed by atoms with Crippen LogP contribution in [-0.4, -0.2) is 18.6 Å². The molecule has 94 valence electrons. The van der Waals surface area contributed by atoms with E-state index in [-0.39, 0.29) is 5.91 Å². The molecule has 0 aromatic heterocycles. The van der Waals surface area contributed by atoms with Crippen molar-refractivity contribution >= 4 is 5.91 Å². The Bertz CT molecular complexity index is 408. The van der Waals surface area contributed by atoms with Gasteiger partial charge in [-0.25, -0.2) is 0 Å². The normalized spacial score (nSPS) is 11.1. The van der Waals surface area contributed by atoms with Crippen LogP contribution in [0.4, 0.5) is 0 Å². The molecule has 1 aromatic carbocycles. The van der Waals surface area contributed by atoms with Crippen molar-refractivity contribution in [2.45, 2.75) is 32.9 Å². The molecule has 17 heavy (non-hydrogen) atoms. The molecule has 1 aromatic rings. The van der Waals surface area contributed by atoms with E-state index < -0.39 is 5.54 Å². The van der Waals surface area contributed by atoms with Crippen molar-refractivity contribution in [1.29, 1.82) is 0 Å². The van der Waals surface area contributed by atoms with E-state index in [9.17, 15) is 4.79 Å². The molecule has 3 N–H and O–H groups in total. The summed E-state index contributed by atoms with van der Waals surface area (Å²) < 4.78 is 5.22. The fourth-order valence-corrected chi connectivity index (χ4v) is 1.38. The molecule has 0 saturated carbocycles. The van der Waals surface area contributed by atoms with Gasteiger partial charge in [0.2, 0.25) is 5.91 Å². The highest BCUT2D eigenvalue weighted by Crippen LogP contribution is 2.18. The van der Waals surface area contributed by atoms with E-state index in [1.807, 2.05) is 25.1 Å². The van der Waals surface area contributed by atoms with Gasteiger partial charge in [-0.2, -0.15) is 0 Å². The zero-order valence-corrected chi connectivity index (χ0v) is 10.8. The van der Waals surface area contributed by atoms with Gasteiger partial charge in [-0.15, -0.1) is 0 Å². The zero-order chi connectivity index (χ0) is 13.1. The Morgan fingerprint density at radius 1 is 1.47 bits per heavy atom. The van der Waals surface area contributed by atoms with Gasteiger partial charge in [0, 0.05) is 6.54 Å². The average molecular weight is 236 g/mol. The topological polar surface area (TPSA) is 64.3 Å². The molecule has 4 heteroatoms. The van der Waals surface area contributed by atoms with E-state index in [2.05, 4.69) is 5.32 Å². The Balaban J connectivity index is 2.67. The number of hydrogen-bond acceptors (Lipinski definition) is 3. The Labute approximate surface area is 102 Å². The zero-order valence-electron chi connectivity index (χ0n) is 10.8. The number of rotatable bonds is 4. The maximum atomic E-state index is 11.6. The molecule has 0 radical (unpaired) electrons. The Hall–Kier alpha value is -1.55. The molecule has 0 aliphatic rings. The fraction of sp³-hybridized carbons (Fsp3) is 0.462. The monoisotopic (exact) mass is 236 g/mol. The summed E-state index contributed by atoms with van der Waals surface area (Å²) in [4.78, 5) is 11.6. The largest absolute Gasteiger partial charge is 0.496 e. The van der Waals surface area contributed by atoms with Gasteiger partial charge in [-0.05, 0) is 38.0 Å². The lowest BCUT2D eigenvalue weighted by atomic mass is 10.1. The Kier molecular flexibility index (Phi) is 4.12. The van der Waals surface area contributed by atoms with Crippen LogP contribution in [0.5, 0.6) is 5.75 Å². The smallest absolute Gasteiger partial charge is 0.239 e. The minimum absolute atomic E-state index is 0.169. The Morgan fingerprint density at radius 2 is 2.12 bits per heavy atom. The van der Waals surface area contributed by atoms with Crippen molar-refractivity contribution in [3.8, 4) is 5.75 Å². The molecule has 0 atom stereocenters. The van der Waals surface area contributed by atoms with E-state index in [0.29, 0.717) is 6.54 Å². The van der Waals surface area contributed by atoms with Crippen LogP contribution in [0, 0.1) is 6.92 Å². The molecule has 0 unspecified atom stereocenters. The van der Waals surface area contributed by atoms with Crippen LogP contribution in [0.25, 0.3) is 0 Å². The van der Waals surface area contributed by atoms with Crippen molar-refractivity contribution in [3.05, 3.63) is 29.3 Å². The Morgan fingerprint density at radius 3 is 2.65 bits per heavy atom. The van der Waals surface area contributed by atoms with Crippen LogP contribution in [-0.2, 0) is 11.3 Å². The lowest BCUT2D eigenvalue weighted by Gasteiger charge is -2.18. The van der Waals surface area contributed by atoms with E-state index in [1.54, 1.807) is 21.0 Å². The number of benzene rings is 1. The third-order valence-electron chi connectivity index (χ3n) is 2.51. The first-order valence-corrected chi connectivity index (χ1v) is 5.55. The summed E-state index contributed by atoms with van der Waals surface area (Å²) >= 11 is 0. The predicted molar refractivity (Wildman–Crippen MR) is 67.8 cm³/mol. The maximum absolute atomic E-state index is 11.6. The highest BCUT2D eigenvalue weighted by Gasteiger charge is 2.21. The second-order valence-electron chi connectivity index (χ2n) is 4.71. The summed E-state index contributed by atoms with van der Waals surface area (Å²) in [5.74, 6) is 0.654. The highest BCUT2D eigenvalue weighted by molar-refractivity contribution is 5.84. The number of carbonyl (C=O) groups is 1. The third-order valence-corrected chi connectivity index (χ3v) is 2.51. The molecule has 1 rings (SSSR count). The number of methoxy groups -OCH3 is 1. The van der Waals surface area contributed by atoms with Crippen LogP contribution in [0.15, 0.2) is 18.2 Å². The van der Waals surface area contributed by atoms with Gasteiger partial charge < -0.3 is 15.8 Å². The first kappa shape index (κ1) is 13.5. The first-order chi connectivity index (χ1) is 7.84. The minimum atomic E-state index is -0.852. The summed E-state index contributed by atoms with van der Waals surface area (Å²) in [5, 5.41) is 2.79. The van der Waals surface area contributed by atoms with Gasteiger partial charge in [0.25, 0.3) is 0 Å². The van der Waals surface area contributed by atoms with E-state index in [0.717, 1.165) is 16.9 Å². The third kappa shape index (κ3) is 3.75. The summed E-state index contributed by atoms with van der Waals surface area (Å²) in [6.45, 7) is 5.79. The molecule has 0 spiro atoms. The average Bonchev–Trinajstić information content (AvgIpc) is 2.26. The standard InChI is InChI=1S/C13H20N2O2/c1-9-5-6-10(7-11(9)17-4)8-15-12(16)13(2,3)14/h5-7H,8,14H2,1-4H3,(H,15,16). The number of aryl methyl sites for hydroxylation is 1. The van der Waals surface area contributed by atoms with E-state index in [4.69, 9.17) is 10.5 Å². The molecule has 0 bridgehead atoms. The number of nitrogens with two attached hydrogens (primary N) is 1. The van der Waals surface area contributed by atoms with Crippen molar-refractivity contribution in [1.82, 2.24) is 5.32 Å². The van der Waals surface area contributed by atoms with Crippen molar-refractivity contribution in [3.63, 3.8) is 0 Å². The van der Waals surface area contributed by atoms with Gasteiger partial charge in [0.15, 0.2) is 0 Å². The van der Waals surface area contributed by atoms with Gasteiger partial charge in [-0.3, -0.25) is 4.79 Å². The molecule has 0 aliphatic heterocycles. The molecule has 0 aliphatic carbocycles. The summed E-state index contributed by atoms with van der Waals surface area (Å²) in [7, 11) is 1.63. The molecular weight excluding hydrogens is 216 g/mol. The van der Waals surface area contributed by atoms with Crippen LogP contribution in [0.1, 0.15) is 25.0 Å². The van der Waals surface area contributed by atoms with Crippen molar-refractivity contribution in [2.24, 2.45) is 5.73 Å². The summed E-state index contributed by atoms with van der Waals surface area (Å²) in [6.07, 6.45) is 0. The van der Waals surface area contributed by atoms with Gasteiger partial charge in [-0.1, -0.05) is 12.1 Å². The van der Waals surface area contributed by atoms with E-state index in [1.165, 1.54) is 0 Å². The first-order valence-electron chi connectivity index (χ1n) is 5.55. The van der Waals surface area contributed by atoms with Crippen molar-refractivity contribution in [2.75, 3.05) is 7.11 Å². The number of ether oxygens (including phenoxy) is 1. The molecular formula is C13H20N2O2.